The molecule has 3 fully saturated rings. The second-order valence-electron chi connectivity index (χ2n) is 7.69. The zero-order valence-electron chi connectivity index (χ0n) is 13.1. The van der Waals surface area contributed by atoms with E-state index in [9.17, 15) is 5.11 Å². The summed E-state index contributed by atoms with van der Waals surface area (Å²) in [6, 6.07) is 0.719. The molecule has 3 saturated carbocycles. The topological polar surface area (TPSA) is 41.5 Å². The van der Waals surface area contributed by atoms with Gasteiger partial charge >= 0.3 is 0 Å². The van der Waals surface area contributed by atoms with Crippen molar-refractivity contribution < 1.29 is 9.84 Å². The van der Waals surface area contributed by atoms with Gasteiger partial charge in [-0.3, -0.25) is 0 Å². The first kappa shape index (κ1) is 14.8. The number of nitrogens with one attached hydrogen (secondary N) is 1. The summed E-state index contributed by atoms with van der Waals surface area (Å²) < 4.78 is 5.56. The maximum absolute atomic E-state index is 9.96. The molecule has 0 aromatic heterocycles. The van der Waals surface area contributed by atoms with Gasteiger partial charge in [-0.05, 0) is 61.7 Å². The average molecular weight is 281 g/mol. The van der Waals surface area contributed by atoms with Crippen LogP contribution in [0.5, 0.6) is 0 Å². The highest BCUT2D eigenvalue weighted by Gasteiger charge is 2.64. The van der Waals surface area contributed by atoms with Crippen LogP contribution in [0.1, 0.15) is 46.0 Å². The highest BCUT2D eigenvalue weighted by Crippen LogP contribution is 2.65. The maximum Gasteiger partial charge on any atom is 0.0897 e. The number of aliphatic hydroxyl groups excluding tert-OH is 1. The highest BCUT2D eigenvalue weighted by molar-refractivity contribution is 5.16. The van der Waals surface area contributed by atoms with E-state index in [2.05, 4.69) is 19.2 Å². The molecule has 3 heteroatoms. The van der Waals surface area contributed by atoms with Crippen molar-refractivity contribution >= 4 is 0 Å². The van der Waals surface area contributed by atoms with Crippen LogP contribution in [0.2, 0.25) is 0 Å². The van der Waals surface area contributed by atoms with Crippen LogP contribution in [0, 0.1) is 29.6 Å². The number of hydrogen-bond acceptors (Lipinski definition) is 3. The van der Waals surface area contributed by atoms with Gasteiger partial charge in [0.15, 0.2) is 0 Å². The van der Waals surface area contributed by atoms with Crippen molar-refractivity contribution in [2.75, 3.05) is 19.8 Å². The van der Waals surface area contributed by atoms with Crippen LogP contribution in [0.25, 0.3) is 0 Å². The summed E-state index contributed by atoms with van der Waals surface area (Å²) in [5.41, 5.74) is 0. The first-order chi connectivity index (χ1) is 9.66. The first-order valence-electron chi connectivity index (χ1n) is 8.66. The van der Waals surface area contributed by atoms with E-state index < -0.39 is 0 Å². The number of fused-ring (bicyclic) bond motifs is 5. The molecule has 0 heterocycles. The van der Waals surface area contributed by atoms with E-state index in [-0.39, 0.29) is 6.10 Å². The Morgan fingerprint density at radius 1 is 1.20 bits per heavy atom. The third-order valence-corrected chi connectivity index (χ3v) is 5.70. The SMILES string of the molecule is CC(C)CCCOCC(O)CNC1C2C3CCC(C3)C12. The Kier molecular flexibility index (Phi) is 4.68. The average Bonchev–Trinajstić information content (AvgIpc) is 2.78. The molecule has 5 atom stereocenters. The third-order valence-electron chi connectivity index (χ3n) is 5.70. The van der Waals surface area contributed by atoms with Gasteiger partial charge in [0.1, 0.15) is 0 Å². The summed E-state index contributed by atoms with van der Waals surface area (Å²) in [6.45, 7) is 6.45. The Bertz CT molecular complexity index is 304. The van der Waals surface area contributed by atoms with Crippen LogP contribution in [-0.2, 0) is 4.74 Å². The molecule has 2 bridgehead atoms. The van der Waals surface area contributed by atoms with Crippen LogP contribution in [-0.4, -0.2) is 37.0 Å². The van der Waals surface area contributed by atoms with Gasteiger partial charge in [-0.15, -0.1) is 0 Å². The van der Waals surface area contributed by atoms with Gasteiger partial charge in [0.25, 0.3) is 0 Å². The lowest BCUT2D eigenvalue weighted by molar-refractivity contribution is 0.0341. The van der Waals surface area contributed by atoms with Gasteiger partial charge in [0.2, 0.25) is 0 Å². The molecule has 20 heavy (non-hydrogen) atoms. The molecule has 0 aromatic carbocycles. The predicted octanol–water partition coefficient (Wildman–Crippen LogP) is 2.43. The molecular formula is C17H31NO2. The Balaban J connectivity index is 1.23. The molecule has 3 nitrogen and oxygen atoms in total. The second-order valence-corrected chi connectivity index (χ2v) is 7.69. The van der Waals surface area contributed by atoms with Crippen LogP contribution < -0.4 is 5.32 Å². The minimum Gasteiger partial charge on any atom is -0.389 e. The van der Waals surface area contributed by atoms with Gasteiger partial charge in [0, 0.05) is 19.2 Å². The largest absolute Gasteiger partial charge is 0.389 e. The predicted molar refractivity (Wildman–Crippen MR) is 80.5 cm³/mol. The maximum atomic E-state index is 9.96. The first-order valence-corrected chi connectivity index (χ1v) is 8.66. The van der Waals surface area contributed by atoms with Crippen molar-refractivity contribution in [3.63, 3.8) is 0 Å². The van der Waals surface area contributed by atoms with E-state index in [0.717, 1.165) is 48.7 Å². The van der Waals surface area contributed by atoms with E-state index in [1.165, 1.54) is 25.7 Å². The normalized spacial score (nSPS) is 39.3. The highest BCUT2D eigenvalue weighted by atomic mass is 16.5. The zero-order valence-corrected chi connectivity index (χ0v) is 13.1. The molecular weight excluding hydrogens is 250 g/mol. The molecule has 3 aliphatic rings. The molecule has 0 saturated heterocycles. The van der Waals surface area contributed by atoms with Gasteiger partial charge in [0.05, 0.1) is 12.7 Å². The Morgan fingerprint density at radius 3 is 2.55 bits per heavy atom. The number of ether oxygens (including phenoxy) is 1. The number of hydrogen-bond donors (Lipinski definition) is 2. The van der Waals surface area contributed by atoms with Gasteiger partial charge in [-0.2, -0.15) is 0 Å². The van der Waals surface area contributed by atoms with Crippen LogP contribution >= 0.6 is 0 Å². The van der Waals surface area contributed by atoms with Crippen LogP contribution in [0.3, 0.4) is 0 Å². The van der Waals surface area contributed by atoms with Crippen molar-refractivity contribution in [2.45, 2.75) is 58.1 Å². The molecule has 116 valence electrons. The molecule has 3 rings (SSSR count). The van der Waals surface area contributed by atoms with Crippen LogP contribution in [0.15, 0.2) is 0 Å². The standard InChI is InChI=1S/C17H31NO2/c1-11(2)4-3-7-20-10-14(19)9-18-17-15-12-5-6-13(8-12)16(15)17/h11-19H,3-10H2,1-2H3. The van der Waals surface area contributed by atoms with Gasteiger partial charge < -0.3 is 15.2 Å². The zero-order chi connectivity index (χ0) is 14.1. The summed E-state index contributed by atoms with van der Waals surface area (Å²) in [5, 5.41) is 13.5. The molecule has 0 aliphatic heterocycles. The summed E-state index contributed by atoms with van der Waals surface area (Å²) in [5.74, 6) is 4.66. The van der Waals surface area contributed by atoms with Crippen molar-refractivity contribution in [3.8, 4) is 0 Å². The molecule has 0 spiro atoms. The fourth-order valence-corrected chi connectivity index (χ4v) is 4.74. The minimum atomic E-state index is -0.340. The van der Waals surface area contributed by atoms with Crippen LogP contribution in [0.4, 0.5) is 0 Å². The quantitative estimate of drug-likeness (QED) is 0.638. The van der Waals surface area contributed by atoms with Crippen molar-refractivity contribution in [2.24, 2.45) is 29.6 Å². The van der Waals surface area contributed by atoms with E-state index in [1.54, 1.807) is 0 Å². The molecule has 3 aliphatic carbocycles. The number of aliphatic hydroxyl groups is 1. The summed E-state index contributed by atoms with van der Waals surface area (Å²) in [6.07, 6.45) is 6.40. The Morgan fingerprint density at radius 2 is 1.90 bits per heavy atom. The number of rotatable bonds is 9. The van der Waals surface area contributed by atoms with E-state index in [0.29, 0.717) is 13.2 Å². The Hall–Kier alpha value is -0.120. The summed E-state index contributed by atoms with van der Waals surface area (Å²) >= 11 is 0. The van der Waals surface area contributed by atoms with E-state index in [1.807, 2.05) is 0 Å². The summed E-state index contributed by atoms with van der Waals surface area (Å²) in [4.78, 5) is 0. The van der Waals surface area contributed by atoms with Gasteiger partial charge in [-0.25, -0.2) is 0 Å². The van der Waals surface area contributed by atoms with E-state index in [4.69, 9.17) is 4.74 Å². The van der Waals surface area contributed by atoms with Crippen molar-refractivity contribution in [1.82, 2.24) is 5.32 Å². The van der Waals surface area contributed by atoms with Crippen molar-refractivity contribution in [1.29, 1.82) is 0 Å². The van der Waals surface area contributed by atoms with Gasteiger partial charge in [-0.1, -0.05) is 13.8 Å². The molecule has 5 unspecified atom stereocenters. The van der Waals surface area contributed by atoms with E-state index >= 15 is 0 Å². The lowest BCUT2D eigenvalue weighted by atomic mass is 10.0. The smallest absolute Gasteiger partial charge is 0.0897 e. The Labute approximate surface area is 123 Å². The minimum absolute atomic E-state index is 0.340. The lowest BCUT2D eigenvalue weighted by Crippen LogP contribution is -2.34. The molecule has 0 aromatic rings. The fraction of sp³-hybridized carbons (Fsp3) is 1.00. The lowest BCUT2D eigenvalue weighted by Gasteiger charge is -2.15. The molecule has 0 radical (unpaired) electrons. The third kappa shape index (κ3) is 3.20. The fourth-order valence-electron chi connectivity index (χ4n) is 4.74. The monoisotopic (exact) mass is 281 g/mol. The molecule has 2 N–H and O–H groups in total. The summed E-state index contributed by atoms with van der Waals surface area (Å²) in [7, 11) is 0. The molecule has 0 amide bonds. The second kappa shape index (κ2) is 6.33. The van der Waals surface area contributed by atoms with Crippen molar-refractivity contribution in [3.05, 3.63) is 0 Å².